The van der Waals surface area contributed by atoms with Crippen LogP contribution in [-0.4, -0.2) is 52.1 Å². The molecule has 3 aromatic carbocycles. The molecule has 6 rings (SSSR count). The first-order valence-electron chi connectivity index (χ1n) is 12.2. The maximum Gasteiger partial charge on any atom is 0.264 e. The average molecular weight is 527 g/mol. The molecule has 3 aliphatic rings. The SMILES string of the molecule is Cc1ccc(N2C(=O)[C@H]3N=NN(CC(=O)N4N=C(c5ccc(Cl)cc5)C[C@@H]4c4ccccc4)[C@@H]3C2=O)cc1. The summed E-state index contributed by atoms with van der Waals surface area (Å²) in [6.07, 6.45) is 0.517. The Kier molecular flexibility index (Phi) is 6.00. The van der Waals surface area contributed by atoms with E-state index in [9.17, 15) is 14.4 Å². The van der Waals surface area contributed by atoms with Crippen LogP contribution in [0.3, 0.4) is 0 Å². The van der Waals surface area contributed by atoms with Gasteiger partial charge in [0, 0.05) is 11.4 Å². The van der Waals surface area contributed by atoms with Crippen LogP contribution in [0.25, 0.3) is 0 Å². The van der Waals surface area contributed by atoms with E-state index >= 15 is 0 Å². The van der Waals surface area contributed by atoms with Gasteiger partial charge in [0.25, 0.3) is 17.7 Å². The van der Waals surface area contributed by atoms with Crippen molar-refractivity contribution in [1.29, 1.82) is 0 Å². The Morgan fingerprint density at radius 3 is 2.37 bits per heavy atom. The minimum Gasteiger partial charge on any atom is -0.271 e. The van der Waals surface area contributed by atoms with Gasteiger partial charge < -0.3 is 0 Å². The van der Waals surface area contributed by atoms with E-state index < -0.39 is 23.9 Å². The van der Waals surface area contributed by atoms with E-state index in [0.717, 1.165) is 27.3 Å². The number of halogens is 1. The fourth-order valence-electron chi connectivity index (χ4n) is 5.01. The predicted molar refractivity (Wildman–Crippen MR) is 141 cm³/mol. The van der Waals surface area contributed by atoms with E-state index in [1.54, 1.807) is 24.3 Å². The molecule has 3 aliphatic heterocycles. The van der Waals surface area contributed by atoms with Crippen LogP contribution in [0.2, 0.25) is 5.02 Å². The van der Waals surface area contributed by atoms with Crippen molar-refractivity contribution in [3.8, 4) is 0 Å². The van der Waals surface area contributed by atoms with E-state index in [4.69, 9.17) is 11.6 Å². The summed E-state index contributed by atoms with van der Waals surface area (Å²) in [4.78, 5) is 41.1. The third-order valence-electron chi connectivity index (χ3n) is 6.98. The average Bonchev–Trinajstić information content (AvgIpc) is 3.61. The molecule has 0 bridgehead atoms. The van der Waals surface area contributed by atoms with Gasteiger partial charge in [-0.2, -0.15) is 10.2 Å². The van der Waals surface area contributed by atoms with Gasteiger partial charge in [0.2, 0.25) is 0 Å². The summed E-state index contributed by atoms with van der Waals surface area (Å²) >= 11 is 6.06. The number of fused-ring (bicyclic) bond motifs is 1. The van der Waals surface area contributed by atoms with E-state index in [1.165, 1.54) is 10.0 Å². The second kappa shape index (κ2) is 9.50. The van der Waals surface area contributed by atoms with Gasteiger partial charge in [-0.3, -0.25) is 19.4 Å². The minimum absolute atomic E-state index is 0.244. The van der Waals surface area contributed by atoms with Crippen molar-refractivity contribution < 1.29 is 14.4 Å². The molecule has 38 heavy (non-hydrogen) atoms. The number of benzene rings is 3. The van der Waals surface area contributed by atoms with Crippen molar-refractivity contribution >= 4 is 40.7 Å². The topological polar surface area (TPSA) is 98.0 Å². The van der Waals surface area contributed by atoms with Crippen molar-refractivity contribution in [2.24, 2.45) is 15.4 Å². The lowest BCUT2D eigenvalue weighted by Gasteiger charge is -2.25. The van der Waals surface area contributed by atoms with E-state index in [1.807, 2.05) is 61.5 Å². The van der Waals surface area contributed by atoms with Crippen LogP contribution < -0.4 is 4.90 Å². The molecule has 1 fully saturated rings. The van der Waals surface area contributed by atoms with E-state index in [0.29, 0.717) is 17.1 Å². The monoisotopic (exact) mass is 526 g/mol. The Balaban J connectivity index is 1.25. The first-order chi connectivity index (χ1) is 18.4. The number of carbonyl (C=O) groups is 3. The van der Waals surface area contributed by atoms with Gasteiger partial charge in [0.15, 0.2) is 12.1 Å². The molecule has 0 spiro atoms. The van der Waals surface area contributed by atoms with Crippen LogP contribution in [0.1, 0.15) is 29.2 Å². The van der Waals surface area contributed by atoms with Crippen LogP contribution >= 0.6 is 11.6 Å². The molecule has 0 N–H and O–H groups in total. The van der Waals surface area contributed by atoms with Crippen LogP contribution in [0.5, 0.6) is 0 Å². The summed E-state index contributed by atoms with van der Waals surface area (Å²) in [5, 5.41) is 16.1. The lowest BCUT2D eigenvalue weighted by Crippen LogP contribution is -2.44. The first kappa shape index (κ1) is 24.0. The molecule has 0 aromatic heterocycles. The molecule has 3 atom stereocenters. The Morgan fingerprint density at radius 2 is 1.66 bits per heavy atom. The van der Waals surface area contributed by atoms with Gasteiger partial charge in [-0.25, -0.2) is 9.91 Å². The molecule has 1 saturated heterocycles. The molecule has 10 heteroatoms. The quantitative estimate of drug-likeness (QED) is 0.462. The van der Waals surface area contributed by atoms with Crippen LogP contribution in [0, 0.1) is 6.92 Å². The smallest absolute Gasteiger partial charge is 0.264 e. The van der Waals surface area contributed by atoms with Gasteiger partial charge in [-0.15, -0.1) is 0 Å². The van der Waals surface area contributed by atoms with Crippen LogP contribution in [-0.2, 0) is 14.4 Å². The maximum absolute atomic E-state index is 13.6. The number of hydrogen-bond acceptors (Lipinski definition) is 7. The lowest BCUT2D eigenvalue weighted by atomic mass is 9.98. The van der Waals surface area contributed by atoms with Crippen molar-refractivity contribution in [1.82, 2.24) is 10.0 Å². The zero-order chi connectivity index (χ0) is 26.4. The van der Waals surface area contributed by atoms with E-state index in [2.05, 4.69) is 15.4 Å². The minimum atomic E-state index is -0.978. The highest BCUT2D eigenvalue weighted by atomic mass is 35.5. The number of aryl methyl sites for hydroxylation is 1. The van der Waals surface area contributed by atoms with Crippen molar-refractivity contribution in [2.45, 2.75) is 31.5 Å². The third-order valence-corrected chi connectivity index (χ3v) is 7.23. The largest absolute Gasteiger partial charge is 0.271 e. The molecule has 3 amide bonds. The summed E-state index contributed by atoms with van der Waals surface area (Å²) in [6, 6.07) is 21.8. The maximum atomic E-state index is 13.6. The normalized spacial score (nSPS) is 22.3. The summed E-state index contributed by atoms with van der Waals surface area (Å²) in [6.45, 7) is 1.68. The number of anilines is 1. The second-order valence-corrected chi connectivity index (χ2v) is 9.90. The summed E-state index contributed by atoms with van der Waals surface area (Å²) < 4.78 is 0. The summed E-state index contributed by atoms with van der Waals surface area (Å²) in [7, 11) is 0. The van der Waals surface area contributed by atoms with Gasteiger partial charge in [-0.1, -0.05) is 77.0 Å². The van der Waals surface area contributed by atoms with Gasteiger partial charge >= 0.3 is 0 Å². The Bertz CT molecular complexity index is 1470. The fraction of sp³-hybridized carbons (Fsp3) is 0.214. The zero-order valence-electron chi connectivity index (χ0n) is 20.4. The van der Waals surface area contributed by atoms with Gasteiger partial charge in [0.05, 0.1) is 17.4 Å². The highest BCUT2D eigenvalue weighted by Crippen LogP contribution is 2.35. The lowest BCUT2D eigenvalue weighted by molar-refractivity contribution is -0.135. The van der Waals surface area contributed by atoms with E-state index in [-0.39, 0.29) is 18.5 Å². The molecule has 0 unspecified atom stereocenters. The highest BCUT2D eigenvalue weighted by Gasteiger charge is 2.55. The van der Waals surface area contributed by atoms with Crippen LogP contribution in [0.4, 0.5) is 5.69 Å². The second-order valence-electron chi connectivity index (χ2n) is 9.46. The molecule has 0 aliphatic carbocycles. The Labute approximate surface area is 224 Å². The van der Waals surface area contributed by atoms with Crippen molar-refractivity contribution in [3.63, 3.8) is 0 Å². The highest BCUT2D eigenvalue weighted by molar-refractivity contribution is 6.30. The number of amides is 3. The molecule has 0 radical (unpaired) electrons. The number of imide groups is 1. The molecule has 9 nitrogen and oxygen atoms in total. The molecule has 0 saturated carbocycles. The number of hydrogen-bond donors (Lipinski definition) is 0. The summed E-state index contributed by atoms with van der Waals surface area (Å²) in [5.41, 5.74) is 4.05. The molecule has 3 heterocycles. The third kappa shape index (κ3) is 4.14. The first-order valence-corrected chi connectivity index (χ1v) is 12.6. The molecule has 3 aromatic rings. The van der Waals surface area contributed by atoms with Gasteiger partial charge in [-0.05, 0) is 42.3 Å². The molecule has 190 valence electrons. The van der Waals surface area contributed by atoms with Gasteiger partial charge in [0.1, 0.15) is 6.54 Å². The predicted octanol–water partition coefficient (Wildman–Crippen LogP) is 4.32. The number of carbonyl (C=O) groups excluding carboxylic acids is 3. The fourth-order valence-corrected chi connectivity index (χ4v) is 5.13. The number of rotatable bonds is 5. The van der Waals surface area contributed by atoms with Crippen molar-refractivity contribution in [2.75, 3.05) is 11.4 Å². The standard InChI is InChI=1S/C28H23ClN6O3/c1-17-7-13-21(14-8-17)34-27(37)25-26(28(34)38)33(32-30-25)16-24(36)35-23(19-5-3-2-4-6-19)15-22(31-35)18-9-11-20(29)12-10-18/h2-14,23,25-26H,15-16H2,1H3/t23-,25+,26+/m1/s1. The number of nitrogens with zero attached hydrogens (tertiary/aromatic N) is 6. The molecular formula is C28H23ClN6O3. The Hall–Kier alpha value is -4.37. The summed E-state index contributed by atoms with van der Waals surface area (Å²) in [5.74, 6) is -1.25. The number of hydrazone groups is 1. The van der Waals surface area contributed by atoms with Crippen LogP contribution in [0.15, 0.2) is 94.3 Å². The Morgan fingerprint density at radius 1 is 0.947 bits per heavy atom. The molecular weight excluding hydrogens is 504 g/mol. The zero-order valence-corrected chi connectivity index (χ0v) is 21.2. The van der Waals surface area contributed by atoms with Crippen molar-refractivity contribution in [3.05, 3.63) is 101 Å².